The lowest BCUT2D eigenvalue weighted by Crippen LogP contribution is -2.21. The summed E-state index contributed by atoms with van der Waals surface area (Å²) in [5.41, 5.74) is 0.0264. The zero-order chi connectivity index (χ0) is 11.7. The third-order valence-electron chi connectivity index (χ3n) is 2.74. The van der Waals surface area contributed by atoms with Crippen molar-refractivity contribution in [2.45, 2.75) is 13.3 Å². The van der Waals surface area contributed by atoms with Gasteiger partial charge in [0.05, 0.1) is 4.92 Å². The summed E-state index contributed by atoms with van der Waals surface area (Å²) >= 11 is 5.78. The van der Waals surface area contributed by atoms with Gasteiger partial charge in [-0.05, 0) is 18.4 Å². The quantitative estimate of drug-likeness (QED) is 0.453. The van der Waals surface area contributed by atoms with Crippen molar-refractivity contribution < 1.29 is 4.92 Å². The van der Waals surface area contributed by atoms with Gasteiger partial charge in [0.2, 0.25) is 5.82 Å². The van der Waals surface area contributed by atoms with Crippen LogP contribution in [0.3, 0.4) is 0 Å². The second-order valence-corrected chi connectivity index (χ2v) is 4.46. The van der Waals surface area contributed by atoms with Gasteiger partial charge in [0.25, 0.3) is 0 Å². The lowest BCUT2D eigenvalue weighted by atomic mass is 10.2. The Balaban J connectivity index is 2.37. The molecule has 6 heteroatoms. The number of anilines is 1. The molecular weight excluding hydrogens is 230 g/mol. The topological polar surface area (TPSA) is 59.3 Å². The molecular formula is C10H12ClN3O2. The van der Waals surface area contributed by atoms with Crippen LogP contribution in [0.15, 0.2) is 12.1 Å². The Kier molecular flexibility index (Phi) is 2.96. The van der Waals surface area contributed by atoms with Crippen LogP contribution in [0.4, 0.5) is 11.5 Å². The van der Waals surface area contributed by atoms with Crippen LogP contribution in [0.5, 0.6) is 0 Å². The van der Waals surface area contributed by atoms with Crippen LogP contribution in [0.25, 0.3) is 0 Å². The average molecular weight is 242 g/mol. The van der Waals surface area contributed by atoms with E-state index in [0.29, 0.717) is 16.9 Å². The standard InChI is InChI=1S/C10H12ClN3O2/c1-7-4-5-13(6-7)10-8(14(15)16)2-3-9(11)12-10/h2-3,7H,4-6H2,1H3. The first-order chi connectivity index (χ1) is 7.58. The van der Waals surface area contributed by atoms with E-state index in [0.717, 1.165) is 19.5 Å². The molecule has 1 saturated heterocycles. The van der Waals surface area contributed by atoms with Crippen molar-refractivity contribution in [1.82, 2.24) is 4.98 Å². The molecule has 1 atom stereocenters. The summed E-state index contributed by atoms with van der Waals surface area (Å²) in [6, 6.07) is 2.86. The molecule has 1 aliphatic rings. The highest BCUT2D eigenvalue weighted by molar-refractivity contribution is 6.29. The fraction of sp³-hybridized carbons (Fsp3) is 0.500. The summed E-state index contributed by atoms with van der Waals surface area (Å²) in [7, 11) is 0. The zero-order valence-electron chi connectivity index (χ0n) is 8.89. The molecule has 0 saturated carbocycles. The van der Waals surface area contributed by atoms with Gasteiger partial charge in [-0.2, -0.15) is 0 Å². The number of halogens is 1. The first-order valence-electron chi connectivity index (χ1n) is 5.14. The van der Waals surface area contributed by atoms with Crippen molar-refractivity contribution >= 4 is 23.1 Å². The van der Waals surface area contributed by atoms with Crippen molar-refractivity contribution in [2.24, 2.45) is 5.92 Å². The summed E-state index contributed by atoms with van der Waals surface area (Å²) in [5.74, 6) is 0.933. The SMILES string of the molecule is CC1CCN(c2nc(Cl)ccc2[N+](=O)[O-])C1. The molecule has 0 radical (unpaired) electrons. The van der Waals surface area contributed by atoms with E-state index in [4.69, 9.17) is 11.6 Å². The van der Waals surface area contributed by atoms with Crippen molar-refractivity contribution in [3.8, 4) is 0 Å². The Hall–Kier alpha value is -1.36. The van der Waals surface area contributed by atoms with Gasteiger partial charge in [0.15, 0.2) is 0 Å². The molecule has 0 N–H and O–H groups in total. The van der Waals surface area contributed by atoms with E-state index >= 15 is 0 Å². The van der Waals surface area contributed by atoms with Crippen molar-refractivity contribution in [2.75, 3.05) is 18.0 Å². The number of pyridine rings is 1. The lowest BCUT2D eigenvalue weighted by Gasteiger charge is -2.16. The molecule has 0 aromatic carbocycles. The molecule has 86 valence electrons. The summed E-state index contributed by atoms with van der Waals surface area (Å²) in [6.07, 6.45) is 1.03. The van der Waals surface area contributed by atoms with E-state index in [1.54, 1.807) is 0 Å². The smallest absolute Gasteiger partial charge is 0.311 e. The molecule has 0 spiro atoms. The van der Waals surface area contributed by atoms with Gasteiger partial charge < -0.3 is 4.90 Å². The van der Waals surface area contributed by atoms with E-state index in [1.807, 2.05) is 4.90 Å². The molecule has 5 nitrogen and oxygen atoms in total. The maximum absolute atomic E-state index is 10.9. The Bertz CT molecular complexity index is 425. The predicted molar refractivity (Wildman–Crippen MR) is 61.9 cm³/mol. The van der Waals surface area contributed by atoms with E-state index < -0.39 is 4.92 Å². The van der Waals surface area contributed by atoms with Gasteiger partial charge in [-0.3, -0.25) is 10.1 Å². The molecule has 1 unspecified atom stereocenters. The molecule has 1 aromatic heterocycles. The highest BCUT2D eigenvalue weighted by atomic mass is 35.5. The molecule has 1 aromatic rings. The van der Waals surface area contributed by atoms with E-state index in [1.165, 1.54) is 12.1 Å². The molecule has 0 aliphatic carbocycles. The Morgan fingerprint density at radius 1 is 1.62 bits per heavy atom. The Morgan fingerprint density at radius 2 is 2.38 bits per heavy atom. The minimum atomic E-state index is -0.415. The third-order valence-corrected chi connectivity index (χ3v) is 2.95. The largest absolute Gasteiger partial charge is 0.351 e. The normalized spacial score (nSPS) is 20.1. The van der Waals surface area contributed by atoms with Gasteiger partial charge in [0, 0.05) is 19.2 Å². The molecule has 0 bridgehead atoms. The van der Waals surface area contributed by atoms with Gasteiger partial charge in [-0.1, -0.05) is 18.5 Å². The number of rotatable bonds is 2. The van der Waals surface area contributed by atoms with Crippen LogP contribution in [-0.4, -0.2) is 23.0 Å². The summed E-state index contributed by atoms with van der Waals surface area (Å²) in [4.78, 5) is 16.4. The van der Waals surface area contributed by atoms with Gasteiger partial charge in [0.1, 0.15) is 5.15 Å². The van der Waals surface area contributed by atoms with E-state index in [-0.39, 0.29) is 5.69 Å². The molecule has 2 heterocycles. The van der Waals surface area contributed by atoms with Crippen LogP contribution in [0.2, 0.25) is 5.15 Å². The molecule has 2 rings (SSSR count). The highest BCUT2D eigenvalue weighted by Gasteiger charge is 2.26. The minimum Gasteiger partial charge on any atom is -0.351 e. The summed E-state index contributed by atoms with van der Waals surface area (Å²) in [5, 5.41) is 11.2. The molecule has 0 amide bonds. The van der Waals surface area contributed by atoms with Gasteiger partial charge in [-0.15, -0.1) is 0 Å². The monoisotopic (exact) mass is 241 g/mol. The molecule has 16 heavy (non-hydrogen) atoms. The molecule has 1 fully saturated rings. The van der Waals surface area contributed by atoms with Gasteiger partial charge >= 0.3 is 5.69 Å². The van der Waals surface area contributed by atoms with Crippen molar-refractivity contribution in [3.05, 3.63) is 27.4 Å². The summed E-state index contributed by atoms with van der Waals surface area (Å²) < 4.78 is 0. The lowest BCUT2D eigenvalue weighted by molar-refractivity contribution is -0.384. The Morgan fingerprint density at radius 3 is 2.94 bits per heavy atom. The van der Waals surface area contributed by atoms with Crippen LogP contribution >= 0.6 is 11.6 Å². The second-order valence-electron chi connectivity index (χ2n) is 4.07. The number of hydrogen-bond acceptors (Lipinski definition) is 4. The van der Waals surface area contributed by atoms with Crippen molar-refractivity contribution in [3.63, 3.8) is 0 Å². The van der Waals surface area contributed by atoms with Crippen molar-refractivity contribution in [1.29, 1.82) is 0 Å². The second kappa shape index (κ2) is 4.25. The maximum atomic E-state index is 10.9. The first-order valence-corrected chi connectivity index (χ1v) is 5.51. The number of nitro groups is 1. The van der Waals surface area contributed by atoms with Crippen LogP contribution in [-0.2, 0) is 0 Å². The fourth-order valence-electron chi connectivity index (χ4n) is 1.92. The number of hydrogen-bond donors (Lipinski definition) is 0. The summed E-state index contributed by atoms with van der Waals surface area (Å²) in [6.45, 7) is 3.72. The zero-order valence-corrected chi connectivity index (χ0v) is 9.65. The average Bonchev–Trinajstić information content (AvgIpc) is 2.64. The Labute approximate surface area is 98.2 Å². The third kappa shape index (κ3) is 2.09. The number of aromatic nitrogens is 1. The fourth-order valence-corrected chi connectivity index (χ4v) is 2.06. The number of nitrogens with zero attached hydrogens (tertiary/aromatic N) is 3. The van der Waals surface area contributed by atoms with Gasteiger partial charge in [-0.25, -0.2) is 4.98 Å². The van der Waals surface area contributed by atoms with Crippen LogP contribution in [0.1, 0.15) is 13.3 Å². The minimum absolute atomic E-state index is 0.0264. The molecule has 1 aliphatic heterocycles. The first kappa shape index (κ1) is 11.1. The predicted octanol–water partition coefficient (Wildman–Crippen LogP) is 2.49. The van der Waals surface area contributed by atoms with E-state index in [2.05, 4.69) is 11.9 Å². The van der Waals surface area contributed by atoms with E-state index in [9.17, 15) is 10.1 Å². The maximum Gasteiger partial charge on any atom is 0.311 e. The highest BCUT2D eigenvalue weighted by Crippen LogP contribution is 2.31. The van der Waals surface area contributed by atoms with Crippen LogP contribution < -0.4 is 4.90 Å². The van der Waals surface area contributed by atoms with Crippen LogP contribution in [0, 0.1) is 16.0 Å².